The number of amides is 4. The minimum Gasteiger partial charge on any atom is -1.00 e. The van der Waals surface area contributed by atoms with Gasteiger partial charge in [0.05, 0.1) is 0 Å². The van der Waals surface area contributed by atoms with E-state index in [9.17, 15) is 27.6 Å². The van der Waals surface area contributed by atoms with Crippen molar-refractivity contribution in [1.82, 2.24) is 19.9 Å². The molecule has 1 aliphatic heterocycles. The Morgan fingerprint density at radius 2 is 2.10 bits per heavy atom. The molecule has 31 heavy (non-hydrogen) atoms. The van der Waals surface area contributed by atoms with E-state index in [4.69, 9.17) is 16.2 Å². The van der Waals surface area contributed by atoms with Crippen LogP contribution in [0.5, 0.6) is 0 Å². The van der Waals surface area contributed by atoms with Crippen LogP contribution in [-0.4, -0.2) is 83.7 Å². The predicted octanol–water partition coefficient (Wildman–Crippen LogP) is -4.97. The van der Waals surface area contributed by atoms with E-state index < -0.39 is 51.7 Å². The standard InChI is InChI=1S/C13H15ClN6O8S2.Na.H/c1-15-11(23)9-8(12(24)20(9)30(25,26)27)18-10(22)7(19-28-2)5-4-29-13(16-5)17-6(21)3-14;;/h4,8-9H,3H2,1-2H3,(H,15,23)(H,18,22)(H,16,17,21)(H,25,26,27);;/q;+1;-1/b19-7-;;. The molecule has 0 spiro atoms. The zero-order valence-corrected chi connectivity index (χ0v) is 20.7. The number of thiazole rings is 1. The molecular weight excluding hydrogens is 491 g/mol. The van der Waals surface area contributed by atoms with Gasteiger partial charge in [-0.15, -0.1) is 22.9 Å². The van der Waals surface area contributed by atoms with Crippen molar-refractivity contribution in [2.45, 2.75) is 12.1 Å². The van der Waals surface area contributed by atoms with Crippen molar-refractivity contribution in [2.24, 2.45) is 5.16 Å². The minimum atomic E-state index is -5.03. The second-order valence-electron chi connectivity index (χ2n) is 5.46. The number of anilines is 1. The van der Waals surface area contributed by atoms with Crippen molar-refractivity contribution >= 4 is 67.7 Å². The number of carbonyl (C=O) groups is 4. The number of rotatable bonds is 8. The van der Waals surface area contributed by atoms with Crippen molar-refractivity contribution in [3.63, 3.8) is 0 Å². The molecule has 1 aromatic rings. The van der Waals surface area contributed by atoms with Gasteiger partial charge in [-0.25, -0.2) is 4.98 Å². The van der Waals surface area contributed by atoms with E-state index >= 15 is 0 Å². The number of β-lactam (4-membered cyclic amide) rings is 1. The average Bonchev–Trinajstić information content (AvgIpc) is 3.13. The number of hydrogen-bond acceptors (Lipinski definition) is 10. The van der Waals surface area contributed by atoms with Gasteiger partial charge in [0, 0.05) is 12.4 Å². The van der Waals surface area contributed by atoms with E-state index in [-0.39, 0.29) is 52.0 Å². The summed E-state index contributed by atoms with van der Waals surface area (Å²) in [7, 11) is -2.71. The fourth-order valence-electron chi connectivity index (χ4n) is 2.36. The van der Waals surface area contributed by atoms with E-state index in [2.05, 4.69) is 30.9 Å². The average molecular weight is 507 g/mol. The van der Waals surface area contributed by atoms with Crippen molar-refractivity contribution < 1.29 is 68.0 Å². The maximum atomic E-state index is 12.6. The van der Waals surface area contributed by atoms with Gasteiger partial charge in [-0.1, -0.05) is 5.16 Å². The van der Waals surface area contributed by atoms with Crippen LogP contribution in [0.2, 0.25) is 0 Å². The number of nitrogens with one attached hydrogen (secondary N) is 3. The zero-order valence-electron chi connectivity index (χ0n) is 17.3. The quantitative estimate of drug-likeness (QED) is 0.0666. The first-order chi connectivity index (χ1) is 14.0. The fourth-order valence-corrected chi connectivity index (χ4v) is 3.99. The van der Waals surface area contributed by atoms with E-state index in [1.807, 2.05) is 0 Å². The first kappa shape index (κ1) is 27.2. The molecule has 166 valence electrons. The summed E-state index contributed by atoms with van der Waals surface area (Å²) in [5, 5.41) is 11.6. The zero-order chi connectivity index (χ0) is 22.6. The number of aromatic nitrogens is 1. The van der Waals surface area contributed by atoms with E-state index in [0.29, 0.717) is 0 Å². The molecule has 4 N–H and O–H groups in total. The molecule has 2 heterocycles. The molecule has 14 nitrogen and oxygen atoms in total. The van der Waals surface area contributed by atoms with Crippen LogP contribution in [0.25, 0.3) is 0 Å². The van der Waals surface area contributed by atoms with Gasteiger partial charge in [-0.2, -0.15) is 12.7 Å². The van der Waals surface area contributed by atoms with Gasteiger partial charge in [-0.3, -0.25) is 23.7 Å². The van der Waals surface area contributed by atoms with Crippen LogP contribution >= 0.6 is 22.9 Å². The van der Waals surface area contributed by atoms with Crippen molar-refractivity contribution in [2.75, 3.05) is 25.4 Å². The number of nitrogens with zero attached hydrogens (tertiary/aromatic N) is 3. The van der Waals surface area contributed by atoms with Crippen LogP contribution in [0.4, 0.5) is 5.13 Å². The molecule has 0 bridgehead atoms. The molecule has 2 rings (SSSR count). The summed E-state index contributed by atoms with van der Waals surface area (Å²) in [4.78, 5) is 56.5. The third-order valence-electron chi connectivity index (χ3n) is 3.61. The Balaban J connectivity index is 0.00000480. The van der Waals surface area contributed by atoms with E-state index in [1.54, 1.807) is 0 Å². The number of hydrogen-bond donors (Lipinski definition) is 4. The number of alkyl halides is 1. The topological polar surface area (TPSA) is 196 Å². The summed E-state index contributed by atoms with van der Waals surface area (Å²) in [6.45, 7) is 0. The molecular formula is C13H16ClN6NaO8S2. The molecule has 1 aromatic heterocycles. The van der Waals surface area contributed by atoms with Crippen LogP contribution in [0.1, 0.15) is 7.12 Å². The maximum Gasteiger partial charge on any atom is 1.00 e. The summed E-state index contributed by atoms with van der Waals surface area (Å²) in [5.41, 5.74) is -0.465. The Morgan fingerprint density at radius 3 is 2.61 bits per heavy atom. The fraction of sp³-hybridized carbons (Fsp3) is 0.385. The smallest absolute Gasteiger partial charge is 1.00 e. The molecule has 1 fully saturated rings. The van der Waals surface area contributed by atoms with Gasteiger partial charge in [0.1, 0.15) is 24.7 Å². The van der Waals surface area contributed by atoms with E-state index in [1.165, 1.54) is 12.4 Å². The Hall–Kier alpha value is -1.82. The molecule has 4 amide bonds. The Labute approximate surface area is 208 Å². The predicted molar refractivity (Wildman–Crippen MR) is 104 cm³/mol. The van der Waals surface area contributed by atoms with Gasteiger partial charge < -0.3 is 22.2 Å². The molecule has 2 unspecified atom stereocenters. The molecule has 1 aliphatic rings. The summed E-state index contributed by atoms with van der Waals surface area (Å²) >= 11 is 6.33. The summed E-state index contributed by atoms with van der Waals surface area (Å²) in [6.07, 6.45) is 0. The SMILES string of the molecule is CNC(=O)C1C(NC(=O)/C(=N\OC)c2csc(NC(=O)CCl)n2)C(=O)N1S(=O)(=O)O.[H-].[Na+]. The van der Waals surface area contributed by atoms with Crippen molar-refractivity contribution in [1.29, 1.82) is 0 Å². The first-order valence-corrected chi connectivity index (χ1v) is 10.6. The molecule has 18 heteroatoms. The monoisotopic (exact) mass is 506 g/mol. The van der Waals surface area contributed by atoms with Crippen LogP contribution in [0.3, 0.4) is 0 Å². The van der Waals surface area contributed by atoms with Gasteiger partial charge in [0.2, 0.25) is 11.8 Å². The van der Waals surface area contributed by atoms with Crippen LogP contribution in [0.15, 0.2) is 10.5 Å². The third-order valence-corrected chi connectivity index (χ3v) is 5.52. The Morgan fingerprint density at radius 1 is 1.45 bits per heavy atom. The number of carbonyl (C=O) groups excluding carboxylic acids is 4. The largest absolute Gasteiger partial charge is 1.00 e. The first-order valence-electron chi connectivity index (χ1n) is 7.81. The number of likely N-dealkylation sites (N-methyl/N-ethyl adjacent to an activating group) is 1. The van der Waals surface area contributed by atoms with Crippen LogP contribution < -0.4 is 45.5 Å². The Kier molecular flexibility index (Phi) is 9.80. The number of oxime groups is 1. The molecule has 2 atom stereocenters. The number of halogens is 1. The molecule has 1 saturated heterocycles. The summed E-state index contributed by atoms with van der Waals surface area (Å²) in [5.74, 6) is -4.05. The maximum absolute atomic E-state index is 12.6. The van der Waals surface area contributed by atoms with Gasteiger partial charge >= 0.3 is 39.9 Å². The van der Waals surface area contributed by atoms with Crippen LogP contribution in [-0.2, 0) is 34.3 Å². The molecule has 0 saturated carbocycles. The minimum absolute atomic E-state index is 0. The van der Waals surface area contributed by atoms with E-state index in [0.717, 1.165) is 18.4 Å². The summed E-state index contributed by atoms with van der Waals surface area (Å²) < 4.78 is 31.7. The van der Waals surface area contributed by atoms with Gasteiger partial charge in [0.15, 0.2) is 16.9 Å². The van der Waals surface area contributed by atoms with Crippen molar-refractivity contribution in [3.8, 4) is 0 Å². The normalized spacial score (nSPS) is 18.4. The van der Waals surface area contributed by atoms with Gasteiger partial charge in [0.25, 0.3) is 11.8 Å². The Bertz CT molecular complexity index is 1020. The summed E-state index contributed by atoms with van der Waals surface area (Å²) in [6, 6.07) is -3.31. The second-order valence-corrected chi connectivity index (χ2v) is 7.88. The van der Waals surface area contributed by atoms with Crippen LogP contribution in [0, 0.1) is 0 Å². The third kappa shape index (κ3) is 6.12. The molecule has 0 radical (unpaired) electrons. The van der Waals surface area contributed by atoms with Crippen molar-refractivity contribution in [3.05, 3.63) is 11.1 Å². The second kappa shape index (κ2) is 11.2. The molecule has 0 aromatic carbocycles. The van der Waals surface area contributed by atoms with Gasteiger partial charge in [-0.05, 0) is 0 Å². The molecule has 0 aliphatic carbocycles.